The van der Waals surface area contributed by atoms with E-state index in [-0.39, 0.29) is 5.91 Å². The van der Waals surface area contributed by atoms with Crippen LogP contribution in [0, 0.1) is 13.8 Å². The molecule has 6 nitrogen and oxygen atoms in total. The van der Waals surface area contributed by atoms with Gasteiger partial charge in [-0.15, -0.1) is 0 Å². The van der Waals surface area contributed by atoms with Crippen molar-refractivity contribution in [3.63, 3.8) is 0 Å². The lowest BCUT2D eigenvalue weighted by molar-refractivity contribution is 0.101. The zero-order valence-electron chi connectivity index (χ0n) is 14.7. The van der Waals surface area contributed by atoms with E-state index < -0.39 is 0 Å². The number of anilines is 1. The Hall–Kier alpha value is -2.76. The fourth-order valence-corrected chi connectivity index (χ4v) is 3.09. The highest BCUT2D eigenvalue weighted by atomic mass is 16.5. The lowest BCUT2D eigenvalue weighted by atomic mass is 10.2. The first-order valence-corrected chi connectivity index (χ1v) is 7.95. The van der Waals surface area contributed by atoms with Crippen molar-refractivity contribution in [2.45, 2.75) is 27.3 Å². The van der Waals surface area contributed by atoms with Gasteiger partial charge in [-0.2, -0.15) is 5.10 Å². The van der Waals surface area contributed by atoms with Crippen LogP contribution in [0.5, 0.6) is 5.75 Å². The van der Waals surface area contributed by atoms with E-state index in [1.54, 1.807) is 7.11 Å². The van der Waals surface area contributed by atoms with Gasteiger partial charge in [0, 0.05) is 19.0 Å². The van der Waals surface area contributed by atoms with Gasteiger partial charge in [-0.05, 0) is 39.0 Å². The Morgan fingerprint density at radius 2 is 2.08 bits per heavy atom. The number of aryl methyl sites for hydroxylation is 3. The summed E-state index contributed by atoms with van der Waals surface area (Å²) in [6.07, 6.45) is 0. The molecule has 0 aliphatic carbocycles. The molecule has 1 aromatic carbocycles. The highest BCUT2D eigenvalue weighted by Gasteiger charge is 2.19. The van der Waals surface area contributed by atoms with E-state index in [0.29, 0.717) is 5.69 Å². The second-order valence-electron chi connectivity index (χ2n) is 5.80. The molecule has 0 saturated heterocycles. The molecule has 0 saturated carbocycles. The molecular formula is C18H22N4O2. The molecule has 2 aromatic heterocycles. The lowest BCUT2D eigenvalue weighted by Gasteiger charge is -2.07. The number of ether oxygens (including phenoxy) is 1. The van der Waals surface area contributed by atoms with E-state index in [1.165, 1.54) is 0 Å². The Kier molecular flexibility index (Phi) is 4.05. The van der Waals surface area contributed by atoms with Crippen molar-refractivity contribution in [2.75, 3.05) is 12.4 Å². The molecule has 0 fully saturated rings. The molecular weight excluding hydrogens is 304 g/mol. The molecule has 0 atom stereocenters. The van der Waals surface area contributed by atoms with E-state index in [1.807, 2.05) is 61.3 Å². The highest BCUT2D eigenvalue weighted by Crippen LogP contribution is 2.29. The number of fused-ring (bicyclic) bond motifs is 1. The first-order chi connectivity index (χ1) is 11.5. The van der Waals surface area contributed by atoms with Crippen molar-refractivity contribution < 1.29 is 9.53 Å². The minimum absolute atomic E-state index is 0.155. The zero-order chi connectivity index (χ0) is 17.4. The molecule has 3 rings (SSSR count). The molecule has 1 N–H and O–H groups in total. The third-order valence-electron chi connectivity index (χ3n) is 4.42. The van der Waals surface area contributed by atoms with Crippen LogP contribution in [0.2, 0.25) is 0 Å². The number of hydrogen-bond acceptors (Lipinski definition) is 3. The summed E-state index contributed by atoms with van der Waals surface area (Å²) < 4.78 is 9.15. The van der Waals surface area contributed by atoms with Gasteiger partial charge >= 0.3 is 0 Å². The van der Waals surface area contributed by atoms with Crippen molar-refractivity contribution in [1.29, 1.82) is 0 Å². The molecule has 0 bridgehead atoms. The van der Waals surface area contributed by atoms with Gasteiger partial charge in [-0.1, -0.05) is 6.07 Å². The fourth-order valence-electron chi connectivity index (χ4n) is 3.09. The van der Waals surface area contributed by atoms with Gasteiger partial charge in [-0.3, -0.25) is 9.48 Å². The number of nitrogens with one attached hydrogen (secondary N) is 1. The maximum atomic E-state index is 12.8. The number of nitrogens with zero attached hydrogens (tertiary/aromatic N) is 3. The van der Waals surface area contributed by atoms with Crippen LogP contribution in [-0.4, -0.2) is 27.4 Å². The summed E-state index contributed by atoms with van der Waals surface area (Å²) in [4.78, 5) is 12.8. The molecule has 126 valence electrons. The monoisotopic (exact) mass is 326 g/mol. The molecule has 3 aromatic rings. The van der Waals surface area contributed by atoms with Crippen molar-refractivity contribution in [2.24, 2.45) is 7.05 Å². The van der Waals surface area contributed by atoms with Crippen molar-refractivity contribution in [1.82, 2.24) is 14.3 Å². The van der Waals surface area contributed by atoms with Crippen LogP contribution in [-0.2, 0) is 13.6 Å². The smallest absolute Gasteiger partial charge is 0.272 e. The Balaban J connectivity index is 2.01. The first-order valence-electron chi connectivity index (χ1n) is 7.95. The van der Waals surface area contributed by atoms with Crippen LogP contribution < -0.4 is 10.1 Å². The van der Waals surface area contributed by atoms with Gasteiger partial charge in [0.2, 0.25) is 0 Å². The van der Waals surface area contributed by atoms with Crippen LogP contribution >= 0.6 is 0 Å². The van der Waals surface area contributed by atoms with Crippen LogP contribution in [0.1, 0.15) is 28.8 Å². The number of carbonyl (C=O) groups excluding carboxylic acids is 1. The second kappa shape index (κ2) is 6.03. The standard InChI is InChI=1S/C18H22N4O2/c1-6-22-12(3)17(11(2)20-22)19-18(23)15-10-13-14(21(15)4)8-7-9-16(13)24-5/h7-10H,6H2,1-5H3,(H,19,23). The normalized spacial score (nSPS) is 11.0. The van der Waals surface area contributed by atoms with E-state index in [4.69, 9.17) is 4.74 Å². The summed E-state index contributed by atoms with van der Waals surface area (Å²) in [6, 6.07) is 7.64. The maximum Gasteiger partial charge on any atom is 0.272 e. The number of carbonyl (C=O) groups is 1. The lowest BCUT2D eigenvalue weighted by Crippen LogP contribution is -2.16. The summed E-state index contributed by atoms with van der Waals surface area (Å²) in [5, 5.41) is 8.37. The molecule has 0 unspecified atom stereocenters. The first kappa shape index (κ1) is 16.1. The molecule has 24 heavy (non-hydrogen) atoms. The maximum absolute atomic E-state index is 12.8. The van der Waals surface area contributed by atoms with E-state index in [0.717, 1.165) is 40.3 Å². The summed E-state index contributed by atoms with van der Waals surface area (Å²) in [7, 11) is 3.51. The number of hydrogen-bond donors (Lipinski definition) is 1. The van der Waals surface area contributed by atoms with Gasteiger partial charge in [0.25, 0.3) is 5.91 Å². The number of methoxy groups -OCH3 is 1. The predicted molar refractivity (Wildman–Crippen MR) is 94.8 cm³/mol. The van der Waals surface area contributed by atoms with E-state index in [2.05, 4.69) is 10.4 Å². The van der Waals surface area contributed by atoms with Gasteiger partial charge in [-0.25, -0.2) is 0 Å². The molecule has 1 amide bonds. The van der Waals surface area contributed by atoms with Crippen molar-refractivity contribution in [3.05, 3.63) is 41.3 Å². The Morgan fingerprint density at radius 1 is 1.33 bits per heavy atom. The molecule has 6 heteroatoms. The Labute approximate surface area is 141 Å². The molecule has 0 spiro atoms. The molecule has 0 aliphatic heterocycles. The third-order valence-corrected chi connectivity index (χ3v) is 4.42. The van der Waals surface area contributed by atoms with Crippen molar-refractivity contribution in [3.8, 4) is 5.75 Å². The average molecular weight is 326 g/mol. The SMILES string of the molecule is CCn1nc(C)c(NC(=O)c2cc3c(OC)cccc3n2C)c1C. The van der Waals surface area contributed by atoms with Gasteiger partial charge < -0.3 is 14.6 Å². The van der Waals surface area contributed by atoms with Crippen LogP contribution in [0.25, 0.3) is 10.9 Å². The van der Waals surface area contributed by atoms with Crippen molar-refractivity contribution >= 4 is 22.5 Å². The van der Waals surface area contributed by atoms with Crippen LogP contribution in [0.15, 0.2) is 24.3 Å². The minimum atomic E-state index is -0.155. The van der Waals surface area contributed by atoms with Gasteiger partial charge in [0.15, 0.2) is 0 Å². The van der Waals surface area contributed by atoms with E-state index in [9.17, 15) is 4.79 Å². The van der Waals surface area contributed by atoms with E-state index >= 15 is 0 Å². The minimum Gasteiger partial charge on any atom is -0.496 e. The van der Waals surface area contributed by atoms with Gasteiger partial charge in [0.05, 0.1) is 29.7 Å². The Bertz CT molecular complexity index is 921. The summed E-state index contributed by atoms with van der Waals surface area (Å²) >= 11 is 0. The molecule has 0 aliphatic rings. The largest absolute Gasteiger partial charge is 0.496 e. The summed E-state index contributed by atoms with van der Waals surface area (Å²) in [5.41, 5.74) is 4.09. The van der Waals surface area contributed by atoms with Crippen LogP contribution in [0.4, 0.5) is 5.69 Å². The quantitative estimate of drug-likeness (QED) is 0.800. The highest BCUT2D eigenvalue weighted by molar-refractivity contribution is 6.07. The fraction of sp³-hybridized carbons (Fsp3) is 0.333. The predicted octanol–water partition coefficient (Wildman–Crippen LogP) is 3.27. The number of amides is 1. The van der Waals surface area contributed by atoms with Crippen LogP contribution in [0.3, 0.4) is 0 Å². The topological polar surface area (TPSA) is 61.1 Å². The zero-order valence-corrected chi connectivity index (χ0v) is 14.7. The number of rotatable bonds is 4. The summed E-state index contributed by atoms with van der Waals surface area (Å²) in [5.74, 6) is 0.603. The summed E-state index contributed by atoms with van der Waals surface area (Å²) in [6.45, 7) is 6.66. The van der Waals surface area contributed by atoms with Gasteiger partial charge in [0.1, 0.15) is 11.4 Å². The Morgan fingerprint density at radius 3 is 2.71 bits per heavy atom. The third kappa shape index (κ3) is 2.44. The second-order valence-corrected chi connectivity index (χ2v) is 5.80. The molecule has 2 heterocycles. The average Bonchev–Trinajstić information content (AvgIpc) is 3.06. The number of benzene rings is 1. The molecule has 0 radical (unpaired) electrons. The number of aromatic nitrogens is 3.